The molecular formula is C27H30F9N3O6. The molecule has 9 nitrogen and oxygen atoms in total. The molecule has 3 heterocycles. The van der Waals surface area contributed by atoms with E-state index in [0.29, 0.717) is 5.54 Å². The molecule has 0 aliphatic carbocycles. The van der Waals surface area contributed by atoms with E-state index in [4.69, 9.17) is 29.7 Å². The third kappa shape index (κ3) is 14.6. The molecule has 1 atom stereocenters. The lowest BCUT2D eigenvalue weighted by atomic mass is 9.86. The maximum Gasteiger partial charge on any atom is 0.490 e. The monoisotopic (exact) mass is 663 g/mol. The van der Waals surface area contributed by atoms with Gasteiger partial charge in [0, 0.05) is 37.6 Å². The summed E-state index contributed by atoms with van der Waals surface area (Å²) >= 11 is 0. The highest BCUT2D eigenvalue weighted by atomic mass is 19.4. The van der Waals surface area contributed by atoms with Crippen LogP contribution in [0.25, 0.3) is 0 Å². The highest BCUT2D eigenvalue weighted by Crippen LogP contribution is 2.38. The summed E-state index contributed by atoms with van der Waals surface area (Å²) in [6.45, 7) is 5.81. The zero-order valence-corrected chi connectivity index (χ0v) is 23.4. The summed E-state index contributed by atoms with van der Waals surface area (Å²) in [7, 11) is 0. The summed E-state index contributed by atoms with van der Waals surface area (Å²) in [6, 6.07) is 15.2. The largest absolute Gasteiger partial charge is 0.490 e. The minimum atomic E-state index is -5.08. The second-order valence-corrected chi connectivity index (χ2v) is 9.82. The second-order valence-electron chi connectivity index (χ2n) is 9.82. The van der Waals surface area contributed by atoms with Gasteiger partial charge >= 0.3 is 36.4 Å². The fourth-order valence-electron chi connectivity index (χ4n) is 4.60. The van der Waals surface area contributed by atoms with Crippen molar-refractivity contribution in [2.45, 2.75) is 62.8 Å². The van der Waals surface area contributed by atoms with Gasteiger partial charge in [0.25, 0.3) is 0 Å². The van der Waals surface area contributed by atoms with Gasteiger partial charge in [0.15, 0.2) is 0 Å². The Bertz CT molecular complexity index is 1160. The average Bonchev–Trinajstić information content (AvgIpc) is 3.29. The minimum Gasteiger partial charge on any atom is -0.475 e. The van der Waals surface area contributed by atoms with E-state index >= 15 is 0 Å². The number of piperidine rings is 1. The molecule has 1 aromatic carbocycles. The Morgan fingerprint density at radius 1 is 0.689 bits per heavy atom. The molecule has 0 amide bonds. The first-order valence-corrected chi connectivity index (χ1v) is 13.0. The van der Waals surface area contributed by atoms with Crippen LogP contribution in [0.1, 0.15) is 36.8 Å². The van der Waals surface area contributed by atoms with Crippen molar-refractivity contribution in [3.05, 3.63) is 66.0 Å². The Balaban J connectivity index is 0.000000396. The van der Waals surface area contributed by atoms with E-state index in [1.807, 2.05) is 12.4 Å². The summed E-state index contributed by atoms with van der Waals surface area (Å²) in [5.41, 5.74) is 3.16. The number of carboxylic acid groups (broad SMARTS) is 3. The smallest absolute Gasteiger partial charge is 0.475 e. The van der Waals surface area contributed by atoms with Crippen LogP contribution < -0.4 is 0 Å². The molecule has 0 radical (unpaired) electrons. The van der Waals surface area contributed by atoms with E-state index in [1.165, 1.54) is 56.4 Å². The topological polar surface area (TPSA) is 131 Å². The lowest BCUT2D eigenvalue weighted by molar-refractivity contribution is -0.193. The fourth-order valence-corrected chi connectivity index (χ4v) is 4.60. The fraction of sp³-hybridized carbons (Fsp3) is 0.481. The van der Waals surface area contributed by atoms with E-state index in [1.54, 1.807) is 0 Å². The number of carboxylic acids is 3. The molecular weight excluding hydrogens is 633 g/mol. The summed E-state index contributed by atoms with van der Waals surface area (Å²) in [4.78, 5) is 36.4. The number of aliphatic carboxylic acids is 3. The van der Waals surface area contributed by atoms with Crippen LogP contribution in [-0.4, -0.2) is 91.7 Å². The van der Waals surface area contributed by atoms with Crippen LogP contribution in [0.15, 0.2) is 54.9 Å². The quantitative estimate of drug-likeness (QED) is 0.357. The van der Waals surface area contributed by atoms with E-state index < -0.39 is 36.4 Å². The van der Waals surface area contributed by atoms with E-state index in [0.717, 1.165) is 13.1 Å². The minimum absolute atomic E-state index is 0.378. The third-order valence-electron chi connectivity index (χ3n) is 6.45. The molecule has 1 aromatic heterocycles. The zero-order valence-electron chi connectivity index (χ0n) is 23.4. The van der Waals surface area contributed by atoms with Gasteiger partial charge in [0.1, 0.15) is 0 Å². The second kappa shape index (κ2) is 17.0. The van der Waals surface area contributed by atoms with Crippen LogP contribution in [0.2, 0.25) is 0 Å². The molecule has 45 heavy (non-hydrogen) atoms. The van der Waals surface area contributed by atoms with Crippen LogP contribution in [0.5, 0.6) is 0 Å². The van der Waals surface area contributed by atoms with Crippen LogP contribution in [0.3, 0.4) is 0 Å². The average molecular weight is 664 g/mol. The third-order valence-corrected chi connectivity index (χ3v) is 6.45. The van der Waals surface area contributed by atoms with Gasteiger partial charge in [-0.05, 0) is 56.0 Å². The van der Waals surface area contributed by atoms with Crippen LogP contribution >= 0.6 is 0 Å². The van der Waals surface area contributed by atoms with Gasteiger partial charge < -0.3 is 15.3 Å². The Morgan fingerprint density at radius 3 is 1.56 bits per heavy atom. The number of pyridine rings is 1. The van der Waals surface area contributed by atoms with Crippen molar-refractivity contribution in [2.75, 3.05) is 19.6 Å². The number of nitrogens with zero attached hydrogens (tertiary/aromatic N) is 3. The van der Waals surface area contributed by atoms with Crippen molar-refractivity contribution < 1.29 is 69.2 Å². The Hall–Kier alpha value is -3.93. The van der Waals surface area contributed by atoms with E-state index in [2.05, 4.69) is 57.2 Å². The van der Waals surface area contributed by atoms with Crippen molar-refractivity contribution in [1.82, 2.24) is 14.8 Å². The Kier molecular flexibility index (Phi) is 14.7. The van der Waals surface area contributed by atoms with Crippen LogP contribution in [0, 0.1) is 0 Å². The van der Waals surface area contributed by atoms with Gasteiger partial charge in [-0.2, -0.15) is 39.5 Å². The standard InChI is InChI=1S/C21H27N3.3C2HF3O2/c1-2-7-19(8-3-1)16-23-13-5-10-21(18-23)11-6-14-24(21)17-20-9-4-12-22-15-20;3*3-2(4,5)1(6)7/h1-4,7-9,12,15H,5-6,10-11,13-14,16-18H2;3*(H,6,7). The normalized spacial score (nSPS) is 18.8. The molecule has 2 aliphatic rings. The molecule has 1 unspecified atom stereocenters. The maximum absolute atomic E-state index is 10.6. The van der Waals surface area contributed by atoms with E-state index in [9.17, 15) is 39.5 Å². The molecule has 1 spiro atoms. The first kappa shape index (κ1) is 39.1. The predicted molar refractivity (Wildman–Crippen MR) is 139 cm³/mol. The molecule has 18 heteroatoms. The number of halogens is 9. The van der Waals surface area contributed by atoms with Crippen molar-refractivity contribution in [1.29, 1.82) is 0 Å². The zero-order chi connectivity index (χ0) is 34.5. The molecule has 2 aliphatic heterocycles. The number of alkyl halides is 9. The maximum atomic E-state index is 10.6. The van der Waals surface area contributed by atoms with Crippen molar-refractivity contribution in [3.8, 4) is 0 Å². The molecule has 0 bridgehead atoms. The van der Waals surface area contributed by atoms with Crippen molar-refractivity contribution in [2.24, 2.45) is 0 Å². The Morgan fingerprint density at radius 2 is 1.13 bits per heavy atom. The first-order valence-electron chi connectivity index (χ1n) is 13.0. The number of hydrogen-bond acceptors (Lipinski definition) is 6. The Labute approximate surface area is 250 Å². The van der Waals surface area contributed by atoms with Gasteiger partial charge in [-0.3, -0.25) is 14.8 Å². The lowest BCUT2D eigenvalue weighted by Gasteiger charge is -2.46. The first-order chi connectivity index (χ1) is 20.7. The van der Waals surface area contributed by atoms with Crippen LogP contribution in [-0.2, 0) is 27.5 Å². The molecule has 2 fully saturated rings. The molecule has 2 aromatic rings. The highest BCUT2D eigenvalue weighted by molar-refractivity contribution is 5.73. The molecule has 4 rings (SSSR count). The van der Waals surface area contributed by atoms with Gasteiger partial charge in [-0.15, -0.1) is 0 Å². The van der Waals surface area contributed by atoms with Gasteiger partial charge in [-0.1, -0.05) is 36.4 Å². The summed E-state index contributed by atoms with van der Waals surface area (Å²) in [6.07, 6.45) is -6.02. The van der Waals surface area contributed by atoms with Gasteiger partial charge in [0.2, 0.25) is 0 Å². The number of benzene rings is 1. The summed E-state index contributed by atoms with van der Waals surface area (Å²) < 4.78 is 95.2. The van der Waals surface area contributed by atoms with Gasteiger partial charge in [0.05, 0.1) is 0 Å². The number of hydrogen-bond donors (Lipinski definition) is 3. The highest BCUT2D eigenvalue weighted by Gasteiger charge is 2.43. The van der Waals surface area contributed by atoms with Crippen molar-refractivity contribution >= 4 is 17.9 Å². The molecule has 2 saturated heterocycles. The number of rotatable bonds is 4. The van der Waals surface area contributed by atoms with Gasteiger partial charge in [-0.25, -0.2) is 14.4 Å². The number of aromatic nitrogens is 1. The summed E-state index contributed by atoms with van der Waals surface area (Å²) in [5.74, 6) is -8.27. The lowest BCUT2D eigenvalue weighted by Crippen LogP contribution is -2.55. The molecule has 252 valence electrons. The molecule has 3 N–H and O–H groups in total. The summed E-state index contributed by atoms with van der Waals surface area (Å²) in [5, 5.41) is 21.4. The SMILES string of the molecule is O=C(O)C(F)(F)F.O=C(O)C(F)(F)F.O=C(O)C(F)(F)F.c1ccc(CN2CCCC3(CCCN3Cc3cccnc3)C2)cc1. The van der Waals surface area contributed by atoms with Crippen LogP contribution in [0.4, 0.5) is 39.5 Å². The predicted octanol–water partition coefficient (Wildman–Crippen LogP) is 5.61. The van der Waals surface area contributed by atoms with Crippen molar-refractivity contribution in [3.63, 3.8) is 0 Å². The molecule has 0 saturated carbocycles. The van der Waals surface area contributed by atoms with E-state index in [-0.39, 0.29) is 0 Å². The number of likely N-dealkylation sites (tertiary alicyclic amines) is 2. The number of carbonyl (C=O) groups is 3.